The third-order valence-electron chi connectivity index (χ3n) is 12.4. The molecule has 0 aliphatic carbocycles. The molecule has 16 heteroatoms. The largest absolute Gasteiger partial charge is 0.144 e. The average molecular weight is 1720 g/mol. The van der Waals surface area contributed by atoms with Crippen LogP contribution in [0.4, 0.5) is 0 Å². The molecule has 0 saturated carbocycles. The van der Waals surface area contributed by atoms with Gasteiger partial charge in [0.25, 0.3) is 0 Å². The summed E-state index contributed by atoms with van der Waals surface area (Å²) >= 11 is 20.6. The molecule has 16 aromatic rings. The molecule has 0 fully saturated rings. The van der Waals surface area contributed by atoms with Crippen molar-refractivity contribution in [1.29, 1.82) is 0 Å². The van der Waals surface area contributed by atoms with Gasteiger partial charge in [-0.15, -0.1) is 90.7 Å². The molecule has 0 amide bonds. The molecular formula is C64H64S8Se8. The van der Waals surface area contributed by atoms with Crippen molar-refractivity contribution in [2.24, 2.45) is 0 Å². The maximum absolute atomic E-state index is 2.41. The molecule has 0 aliphatic rings. The second kappa shape index (κ2) is 29.1. The van der Waals surface area contributed by atoms with Crippen LogP contribution in [0.2, 0.25) is 0 Å². The van der Waals surface area contributed by atoms with Crippen molar-refractivity contribution < 1.29 is 0 Å². The summed E-state index contributed by atoms with van der Waals surface area (Å²) in [7, 11) is 0. The molecule has 416 valence electrons. The molecule has 16 aromatic heterocycles. The number of fused-ring (bicyclic) bond motifs is 8. The Hall–Kier alpha value is -0.324. The van der Waals surface area contributed by atoms with E-state index in [0.29, 0.717) is 87.0 Å². The van der Waals surface area contributed by atoms with Gasteiger partial charge in [-0.1, -0.05) is 0 Å². The number of hydrogen-bond donors (Lipinski definition) is 0. The Bertz CT molecular complexity index is 3770. The van der Waals surface area contributed by atoms with Crippen LogP contribution >= 0.6 is 90.7 Å². The van der Waals surface area contributed by atoms with Gasteiger partial charge >= 0.3 is 290 Å². The monoisotopic (exact) mass is 1730 g/mol. The summed E-state index contributed by atoms with van der Waals surface area (Å²) in [6.45, 7) is 35.4. The van der Waals surface area contributed by atoms with E-state index in [1.165, 1.54) is 78.7 Å². The molecule has 0 aromatic carbocycles. The molecule has 0 spiro atoms. The Morgan fingerprint density at radius 2 is 0.863 bits per heavy atom. The Balaban J connectivity index is 0.000000111. The first-order valence-corrected chi connectivity index (χ1v) is 46.6. The quantitative estimate of drug-likeness (QED) is 0.133. The van der Waals surface area contributed by atoms with E-state index in [4.69, 9.17) is 0 Å². The van der Waals surface area contributed by atoms with Crippen LogP contribution in [-0.4, -0.2) is 116 Å². The smallest absolute Gasteiger partial charge is 0.0870 e. The average Bonchev–Trinajstić information content (AvgIpc) is 4.19. The summed E-state index contributed by atoms with van der Waals surface area (Å²) in [6, 6.07) is 23.0. The fourth-order valence-electron chi connectivity index (χ4n) is 8.81. The predicted molar refractivity (Wildman–Crippen MR) is 386 cm³/mol. The van der Waals surface area contributed by atoms with Crippen molar-refractivity contribution in [3.05, 3.63) is 170 Å². The van der Waals surface area contributed by atoms with E-state index in [1.54, 1.807) is 73.0 Å². The molecule has 80 heavy (non-hydrogen) atoms. The van der Waals surface area contributed by atoms with Gasteiger partial charge in [-0.25, -0.2) is 0 Å². The molecule has 0 N–H and O–H groups in total. The summed E-state index contributed by atoms with van der Waals surface area (Å²) in [5, 5.41) is 12.6. The number of thiophene rings is 8. The van der Waals surface area contributed by atoms with Crippen LogP contribution in [0.1, 0.15) is 78.1 Å². The molecule has 16 heterocycles. The molecular weight excluding hydrogens is 1660 g/mol. The zero-order valence-electron chi connectivity index (χ0n) is 47.8. The van der Waals surface area contributed by atoms with Crippen molar-refractivity contribution in [3.8, 4) is 0 Å². The third kappa shape index (κ3) is 16.2. The molecule has 0 saturated heterocycles. The van der Waals surface area contributed by atoms with Crippen LogP contribution in [0.15, 0.2) is 91.6 Å². The van der Waals surface area contributed by atoms with Gasteiger partial charge in [0.15, 0.2) is 0 Å². The minimum atomic E-state index is 0.679. The molecule has 16 rings (SSSR count). The van der Waals surface area contributed by atoms with Crippen molar-refractivity contribution in [2.75, 3.05) is 0 Å². The molecule has 0 nitrogen and oxygen atoms in total. The Morgan fingerprint density at radius 1 is 0.362 bits per heavy atom. The van der Waals surface area contributed by atoms with E-state index >= 15 is 0 Å². The first-order chi connectivity index (χ1) is 38.2. The third-order valence-corrected chi connectivity index (χ3v) is 42.7. The van der Waals surface area contributed by atoms with E-state index in [-0.39, 0.29) is 0 Å². The van der Waals surface area contributed by atoms with E-state index in [9.17, 15) is 0 Å². The Kier molecular flexibility index (Phi) is 23.4. The second-order valence-electron chi connectivity index (χ2n) is 19.5. The van der Waals surface area contributed by atoms with Crippen LogP contribution in [0.5, 0.6) is 0 Å². The minimum absolute atomic E-state index is 0.679. The number of aryl methyl sites for hydroxylation is 16. The summed E-state index contributed by atoms with van der Waals surface area (Å²) in [4.78, 5) is 15.7. The summed E-state index contributed by atoms with van der Waals surface area (Å²) in [6.07, 6.45) is 0. The Morgan fingerprint density at radius 3 is 1.34 bits per heavy atom. The van der Waals surface area contributed by atoms with Crippen molar-refractivity contribution in [1.82, 2.24) is 0 Å². The van der Waals surface area contributed by atoms with Crippen molar-refractivity contribution in [2.45, 2.75) is 111 Å². The van der Waals surface area contributed by atoms with E-state index < -0.39 is 0 Å². The first-order valence-electron chi connectivity index (χ1n) is 25.7. The van der Waals surface area contributed by atoms with Gasteiger partial charge in [-0.2, -0.15) is 0 Å². The van der Waals surface area contributed by atoms with Gasteiger partial charge in [0, 0.05) is 63.5 Å². The van der Waals surface area contributed by atoms with Crippen molar-refractivity contribution >= 4 is 280 Å². The van der Waals surface area contributed by atoms with Crippen LogP contribution < -0.4 is 0 Å². The van der Waals surface area contributed by atoms with Gasteiger partial charge in [-0.05, 0) is 113 Å². The zero-order chi connectivity index (χ0) is 57.1. The zero-order valence-corrected chi connectivity index (χ0v) is 68.0. The van der Waals surface area contributed by atoms with Crippen LogP contribution in [-0.2, 0) is 0 Å². The van der Waals surface area contributed by atoms with Gasteiger partial charge < -0.3 is 0 Å². The second-order valence-corrected chi connectivity index (χ2v) is 49.6. The van der Waals surface area contributed by atoms with E-state index in [1.807, 2.05) is 90.7 Å². The summed E-state index contributed by atoms with van der Waals surface area (Å²) in [5.74, 6) is 0. The van der Waals surface area contributed by atoms with Crippen LogP contribution in [0.3, 0.4) is 0 Å². The maximum Gasteiger partial charge on any atom is 0.0870 e. The fraction of sp³-hybridized carbons (Fsp3) is 0.250. The SMILES string of the molecule is Cc1[se]c(C)c2[se]ccc12.Cc1c[se]c2c(C)c[se]c12.Cc1cc2[se]c(C)cc2[se]1.Cc1cc2cc(C)[se]c2[se]1.Cc1cc2cc(C)sc2s1.Cc1cc2sc(C)cc2s1.Cc1csc2c(C)csc12.Cc1sc(C)c2sccc12. The molecule has 0 unspecified atom stereocenters. The van der Waals surface area contributed by atoms with Crippen LogP contribution in [0.25, 0.3) is 73.5 Å². The first kappa shape index (κ1) is 64.2. The van der Waals surface area contributed by atoms with E-state index in [0.717, 1.165) is 29.0 Å². The van der Waals surface area contributed by atoms with Crippen LogP contribution in [0, 0.1) is 111 Å². The van der Waals surface area contributed by atoms with Gasteiger partial charge in [-0.3, -0.25) is 0 Å². The van der Waals surface area contributed by atoms with Gasteiger partial charge in [0.2, 0.25) is 0 Å². The number of hydrogen-bond acceptors (Lipinski definition) is 8. The fourth-order valence-corrected chi connectivity index (χ4v) is 40.5. The van der Waals surface area contributed by atoms with Gasteiger partial charge in [0.1, 0.15) is 0 Å². The normalized spacial score (nSPS) is 11.0. The van der Waals surface area contributed by atoms with Crippen molar-refractivity contribution in [3.63, 3.8) is 0 Å². The van der Waals surface area contributed by atoms with E-state index in [2.05, 4.69) is 202 Å². The standard InChI is InChI=1S/4C8H8S2.4C8H8Se2/c1-5-3-9-8-6(2)4-10-7(5)8;1-5-3-7-8(9-5)4-6(2)10-7;1-5-3-7-4-6(2)10-8(7)9-5;1-5-7-3-4-9-8(7)6(2)10-5;1-5-3-9-8-6(2)4-10-7(5)8;1-5-3-7-8(9-5)4-6(2)10-7;1-5-3-7-4-6(2)10-8(7)9-5;1-5-7-3-4-9-8(7)6(2)10-5/h8*3-4H,1-2H3. The minimum Gasteiger partial charge on any atom is -0.144 e. The predicted octanol–water partition coefficient (Wildman–Crippen LogP) is 20.6. The van der Waals surface area contributed by atoms with Gasteiger partial charge in [0.05, 0.1) is 4.01 Å². The molecule has 0 bridgehead atoms. The topological polar surface area (TPSA) is 0 Å². The molecule has 0 radical (unpaired) electrons. The molecule has 0 aliphatic heterocycles. The summed E-state index contributed by atoms with van der Waals surface area (Å²) < 4.78 is 28.6. The maximum atomic E-state index is 2.41. The molecule has 0 atom stereocenters. The Labute approximate surface area is 552 Å². The number of rotatable bonds is 0. The summed E-state index contributed by atoms with van der Waals surface area (Å²) in [5.41, 5.74) is 5.97.